The van der Waals surface area contributed by atoms with Crippen LogP contribution in [0.5, 0.6) is 5.75 Å². The molecule has 4 rings (SSSR count). The summed E-state index contributed by atoms with van der Waals surface area (Å²) in [4.78, 5) is 12.5. The molecule has 1 aliphatic rings. The molecule has 5 N–H and O–H groups in total. The van der Waals surface area contributed by atoms with E-state index in [0.717, 1.165) is 0 Å². The number of aromatic hydroxyl groups is 1. The number of ether oxygens (including phenoxy) is 1. The van der Waals surface area contributed by atoms with Gasteiger partial charge in [-0.2, -0.15) is 9.97 Å². The van der Waals surface area contributed by atoms with E-state index in [-0.39, 0.29) is 23.2 Å². The third-order valence-corrected chi connectivity index (χ3v) is 5.08. The number of phenolic OH excluding ortho intramolecular Hbond substituents is 1. The number of nitrogens with zero attached hydrogens (tertiary/aromatic N) is 4. The van der Waals surface area contributed by atoms with E-state index in [1.54, 1.807) is 12.1 Å². The summed E-state index contributed by atoms with van der Waals surface area (Å²) >= 11 is 12.0. The van der Waals surface area contributed by atoms with E-state index in [4.69, 9.17) is 27.9 Å². The number of phenols is 1. The van der Waals surface area contributed by atoms with Crippen molar-refractivity contribution in [3.05, 3.63) is 40.4 Å². The maximum absolute atomic E-state index is 10.3. The lowest BCUT2D eigenvalue weighted by molar-refractivity contribution is -0.0511. The van der Waals surface area contributed by atoms with Crippen molar-refractivity contribution in [1.82, 2.24) is 19.5 Å². The summed E-state index contributed by atoms with van der Waals surface area (Å²) < 4.78 is 6.94. The second-order valence-corrected chi connectivity index (χ2v) is 7.30. The van der Waals surface area contributed by atoms with Gasteiger partial charge in [0.05, 0.1) is 12.9 Å². The molecule has 3 heterocycles. The summed E-state index contributed by atoms with van der Waals surface area (Å²) in [5, 5.41) is 42.9. The lowest BCUT2D eigenvalue weighted by atomic mass is 10.1. The third-order valence-electron chi connectivity index (χ3n) is 4.67. The second kappa shape index (κ2) is 7.90. The monoisotopic (exact) mass is 441 g/mol. The Morgan fingerprint density at radius 3 is 2.69 bits per heavy atom. The molecule has 2 aromatic heterocycles. The van der Waals surface area contributed by atoms with E-state index < -0.39 is 31.1 Å². The molecule has 0 amide bonds. The number of halogens is 2. The molecule has 29 heavy (non-hydrogen) atoms. The van der Waals surface area contributed by atoms with Crippen molar-refractivity contribution in [3.8, 4) is 5.75 Å². The quantitative estimate of drug-likeness (QED) is 0.366. The number of fused-ring (bicyclic) bond motifs is 1. The third kappa shape index (κ3) is 3.70. The van der Waals surface area contributed by atoms with Crippen LogP contribution in [0, 0.1) is 0 Å². The maximum atomic E-state index is 10.3. The summed E-state index contributed by atoms with van der Waals surface area (Å²) in [6.07, 6.45) is -3.13. The Morgan fingerprint density at radius 1 is 1.17 bits per heavy atom. The number of aliphatic hydroxyl groups excluding tert-OH is 3. The predicted octanol–water partition coefficient (Wildman–Crippen LogP) is 1.06. The van der Waals surface area contributed by atoms with E-state index in [9.17, 15) is 20.4 Å². The fraction of sp³-hybridized carbons (Fsp3) is 0.353. The molecule has 0 spiro atoms. The van der Waals surface area contributed by atoms with Crippen molar-refractivity contribution in [2.24, 2.45) is 0 Å². The minimum atomic E-state index is -1.29. The Labute approximate surface area is 174 Å². The minimum Gasteiger partial charge on any atom is -0.508 e. The van der Waals surface area contributed by atoms with E-state index in [2.05, 4.69) is 20.3 Å². The summed E-state index contributed by atoms with van der Waals surface area (Å²) in [6, 6.07) is 4.67. The standard InChI is InChI=1S/C17H17Cl2N5O5/c18-8-1-2-9(26)7(3-8)4-20-14-11-15(23-17(19)22-14)24(6-21-11)16-13(28)12(27)10(5-25)29-16/h1-3,6,10,12-13,16,25-28H,4-5H2,(H,20,22,23)/t10-,12-,13-,16-/m1/s1. The van der Waals surface area contributed by atoms with E-state index >= 15 is 0 Å². The number of aliphatic hydroxyl groups is 3. The Morgan fingerprint density at radius 2 is 1.97 bits per heavy atom. The van der Waals surface area contributed by atoms with Crippen LogP contribution in [0.3, 0.4) is 0 Å². The number of rotatable bonds is 5. The van der Waals surface area contributed by atoms with E-state index in [1.165, 1.54) is 17.0 Å². The minimum absolute atomic E-state index is 0.0651. The van der Waals surface area contributed by atoms with Gasteiger partial charge in [-0.05, 0) is 29.8 Å². The van der Waals surface area contributed by atoms with Gasteiger partial charge in [0.1, 0.15) is 24.1 Å². The van der Waals surface area contributed by atoms with Crippen molar-refractivity contribution in [1.29, 1.82) is 0 Å². The normalized spacial score (nSPS) is 24.3. The van der Waals surface area contributed by atoms with Gasteiger partial charge in [-0.25, -0.2) is 4.98 Å². The lowest BCUT2D eigenvalue weighted by Crippen LogP contribution is -2.33. The Balaban J connectivity index is 1.66. The molecular formula is C17H17Cl2N5O5. The highest BCUT2D eigenvalue weighted by Gasteiger charge is 2.44. The first-order chi connectivity index (χ1) is 13.9. The van der Waals surface area contributed by atoms with Gasteiger partial charge in [-0.15, -0.1) is 0 Å². The predicted molar refractivity (Wildman–Crippen MR) is 104 cm³/mol. The van der Waals surface area contributed by atoms with Gasteiger partial charge < -0.3 is 30.5 Å². The van der Waals surface area contributed by atoms with Gasteiger partial charge in [0.2, 0.25) is 5.28 Å². The van der Waals surface area contributed by atoms with Crippen LogP contribution in [0.2, 0.25) is 10.3 Å². The van der Waals surface area contributed by atoms with Crippen LogP contribution in [0.4, 0.5) is 5.82 Å². The second-order valence-electron chi connectivity index (χ2n) is 6.52. The smallest absolute Gasteiger partial charge is 0.226 e. The average Bonchev–Trinajstić information content (AvgIpc) is 3.23. The lowest BCUT2D eigenvalue weighted by Gasteiger charge is -2.16. The summed E-state index contributed by atoms with van der Waals surface area (Å²) in [5.74, 6) is 0.361. The number of nitrogens with one attached hydrogen (secondary N) is 1. The zero-order valence-electron chi connectivity index (χ0n) is 14.8. The Bertz CT molecular complexity index is 1050. The average molecular weight is 442 g/mol. The number of benzene rings is 1. The van der Waals surface area contributed by atoms with E-state index in [0.29, 0.717) is 21.9 Å². The highest BCUT2D eigenvalue weighted by atomic mass is 35.5. The van der Waals surface area contributed by atoms with Crippen LogP contribution in [0.15, 0.2) is 24.5 Å². The number of hydrogen-bond acceptors (Lipinski definition) is 9. The molecule has 0 saturated carbocycles. The highest BCUT2D eigenvalue weighted by molar-refractivity contribution is 6.30. The van der Waals surface area contributed by atoms with E-state index in [1.807, 2.05) is 0 Å². The number of aromatic nitrogens is 4. The summed E-state index contributed by atoms with van der Waals surface area (Å²) in [6.45, 7) is -0.261. The molecule has 10 nitrogen and oxygen atoms in total. The van der Waals surface area contributed by atoms with Crippen molar-refractivity contribution in [3.63, 3.8) is 0 Å². The molecule has 1 fully saturated rings. The molecule has 12 heteroatoms. The van der Waals surface area contributed by atoms with Crippen molar-refractivity contribution in [2.45, 2.75) is 31.1 Å². The number of anilines is 1. The summed E-state index contributed by atoms with van der Waals surface area (Å²) in [7, 11) is 0. The van der Waals surface area contributed by atoms with Gasteiger partial charge >= 0.3 is 0 Å². The topological polar surface area (TPSA) is 146 Å². The molecular weight excluding hydrogens is 425 g/mol. The highest BCUT2D eigenvalue weighted by Crippen LogP contribution is 2.33. The summed E-state index contributed by atoms with van der Waals surface area (Å²) in [5.41, 5.74) is 1.15. The Kier molecular flexibility index (Phi) is 5.47. The van der Waals surface area contributed by atoms with Crippen LogP contribution in [0.1, 0.15) is 11.8 Å². The molecule has 4 atom stereocenters. The number of imidazole rings is 1. The van der Waals surface area contributed by atoms with Crippen LogP contribution in [-0.2, 0) is 11.3 Å². The van der Waals surface area contributed by atoms with Crippen LogP contribution in [-0.4, -0.2) is 64.9 Å². The zero-order chi connectivity index (χ0) is 20.7. The van der Waals surface area contributed by atoms with Crippen molar-refractivity contribution in [2.75, 3.05) is 11.9 Å². The molecule has 0 radical (unpaired) electrons. The van der Waals surface area contributed by atoms with Crippen LogP contribution in [0.25, 0.3) is 11.2 Å². The largest absolute Gasteiger partial charge is 0.508 e. The van der Waals surface area contributed by atoms with Crippen molar-refractivity contribution >= 4 is 40.2 Å². The SMILES string of the molecule is OC[C@H]1O[C@@H](n2cnc3c(NCc4cc(Cl)ccc4O)nc(Cl)nc32)[C@H](O)[C@@H]1O. The molecule has 0 aliphatic carbocycles. The molecule has 0 unspecified atom stereocenters. The maximum Gasteiger partial charge on any atom is 0.226 e. The van der Waals surface area contributed by atoms with Gasteiger partial charge in [0.15, 0.2) is 23.2 Å². The first kappa shape index (κ1) is 20.1. The zero-order valence-corrected chi connectivity index (χ0v) is 16.3. The van der Waals surface area contributed by atoms with Gasteiger partial charge in [0.25, 0.3) is 0 Å². The first-order valence-corrected chi connectivity index (χ1v) is 9.38. The van der Waals surface area contributed by atoms with Crippen LogP contribution >= 0.6 is 23.2 Å². The molecule has 3 aromatic rings. The van der Waals surface area contributed by atoms with Crippen LogP contribution < -0.4 is 5.32 Å². The molecule has 1 aromatic carbocycles. The molecule has 0 bridgehead atoms. The molecule has 1 saturated heterocycles. The van der Waals surface area contributed by atoms with Crippen molar-refractivity contribution < 1.29 is 25.2 Å². The molecule has 1 aliphatic heterocycles. The fourth-order valence-corrected chi connectivity index (χ4v) is 3.54. The molecule has 154 valence electrons. The fourth-order valence-electron chi connectivity index (χ4n) is 3.18. The van der Waals surface area contributed by atoms with Gasteiger partial charge in [-0.1, -0.05) is 11.6 Å². The van der Waals surface area contributed by atoms with Gasteiger partial charge in [-0.3, -0.25) is 4.57 Å². The Hall–Kier alpha value is -2.21. The first-order valence-electron chi connectivity index (χ1n) is 8.63. The number of hydrogen-bond donors (Lipinski definition) is 5. The van der Waals surface area contributed by atoms with Gasteiger partial charge in [0, 0.05) is 17.1 Å².